The van der Waals surface area contributed by atoms with Gasteiger partial charge in [0.1, 0.15) is 24.2 Å². The van der Waals surface area contributed by atoms with Gasteiger partial charge in [-0.05, 0) is 62.7 Å². The van der Waals surface area contributed by atoms with Crippen LogP contribution in [0.2, 0.25) is 0 Å². The Bertz CT molecular complexity index is 1400. The summed E-state index contributed by atoms with van der Waals surface area (Å²) in [5.41, 5.74) is 1.40. The number of sulfonamides is 1. The molecule has 0 fully saturated rings. The van der Waals surface area contributed by atoms with Crippen LogP contribution in [-0.4, -0.2) is 51.4 Å². The van der Waals surface area contributed by atoms with E-state index < -0.39 is 40.2 Å². The number of anilines is 1. The average Bonchev–Trinajstić information content (AvgIpc) is 2.95. The Labute approximate surface area is 235 Å². The van der Waals surface area contributed by atoms with Gasteiger partial charge in [0, 0.05) is 18.7 Å². The zero-order valence-corrected chi connectivity index (χ0v) is 24.1. The third kappa shape index (κ3) is 7.59. The molecule has 0 aliphatic carbocycles. The van der Waals surface area contributed by atoms with E-state index in [1.807, 2.05) is 13.8 Å². The highest BCUT2D eigenvalue weighted by molar-refractivity contribution is 7.92. The maximum absolute atomic E-state index is 14.6. The number of hydrogen-bond acceptors (Lipinski definition) is 5. The zero-order valence-electron chi connectivity index (χ0n) is 23.3. The van der Waals surface area contributed by atoms with E-state index in [1.165, 1.54) is 54.5 Å². The van der Waals surface area contributed by atoms with Gasteiger partial charge in [0.15, 0.2) is 0 Å². The SMILES string of the molecule is CCCCNC(=O)[C@@H](C)N(Cc1ccccc1F)C(=O)CN(c1ccc(C)cc1)S(=O)(=O)c1ccc(OC)cc1. The van der Waals surface area contributed by atoms with Gasteiger partial charge in [-0.15, -0.1) is 0 Å². The predicted octanol–water partition coefficient (Wildman–Crippen LogP) is 4.67. The van der Waals surface area contributed by atoms with Gasteiger partial charge >= 0.3 is 0 Å². The smallest absolute Gasteiger partial charge is 0.264 e. The fraction of sp³-hybridized carbons (Fsp3) is 0.333. The van der Waals surface area contributed by atoms with Gasteiger partial charge in [0.2, 0.25) is 11.8 Å². The number of aryl methyl sites for hydroxylation is 1. The molecule has 0 radical (unpaired) electrons. The van der Waals surface area contributed by atoms with Gasteiger partial charge in [-0.2, -0.15) is 0 Å². The first-order valence-corrected chi connectivity index (χ1v) is 14.6. The van der Waals surface area contributed by atoms with Crippen molar-refractivity contribution in [3.8, 4) is 5.75 Å². The minimum atomic E-state index is -4.21. The molecule has 0 saturated heterocycles. The highest BCUT2D eigenvalue weighted by Crippen LogP contribution is 2.26. The molecule has 40 heavy (non-hydrogen) atoms. The highest BCUT2D eigenvalue weighted by Gasteiger charge is 2.32. The van der Waals surface area contributed by atoms with Gasteiger partial charge in [0.05, 0.1) is 17.7 Å². The van der Waals surface area contributed by atoms with E-state index >= 15 is 0 Å². The van der Waals surface area contributed by atoms with Crippen molar-refractivity contribution in [2.24, 2.45) is 0 Å². The Balaban J connectivity index is 2.00. The first kappa shape index (κ1) is 30.6. The van der Waals surface area contributed by atoms with E-state index in [2.05, 4.69) is 5.32 Å². The third-order valence-electron chi connectivity index (χ3n) is 6.54. The van der Waals surface area contributed by atoms with Gasteiger partial charge in [-0.1, -0.05) is 49.2 Å². The molecule has 0 bridgehead atoms. The number of nitrogens with zero attached hydrogens (tertiary/aromatic N) is 2. The molecular formula is C30H36FN3O5S. The van der Waals surface area contributed by atoms with Crippen LogP contribution >= 0.6 is 0 Å². The number of carbonyl (C=O) groups excluding carboxylic acids is 2. The second-order valence-electron chi connectivity index (χ2n) is 9.46. The number of hydrogen-bond donors (Lipinski definition) is 1. The number of ether oxygens (including phenoxy) is 1. The highest BCUT2D eigenvalue weighted by atomic mass is 32.2. The number of amides is 2. The summed E-state index contributed by atoms with van der Waals surface area (Å²) < 4.78 is 48.4. The molecule has 0 unspecified atom stereocenters. The molecule has 214 valence electrons. The lowest BCUT2D eigenvalue weighted by Crippen LogP contribution is -2.51. The fourth-order valence-electron chi connectivity index (χ4n) is 4.04. The van der Waals surface area contributed by atoms with Crippen molar-refractivity contribution >= 4 is 27.5 Å². The van der Waals surface area contributed by atoms with Crippen molar-refractivity contribution in [2.45, 2.75) is 51.1 Å². The Morgan fingerprint density at radius 1 is 1.00 bits per heavy atom. The first-order chi connectivity index (χ1) is 19.1. The van der Waals surface area contributed by atoms with Crippen molar-refractivity contribution in [1.82, 2.24) is 10.2 Å². The number of benzene rings is 3. The molecular weight excluding hydrogens is 533 g/mol. The van der Waals surface area contributed by atoms with Crippen LogP contribution in [-0.2, 0) is 26.2 Å². The van der Waals surface area contributed by atoms with Gasteiger partial charge < -0.3 is 15.0 Å². The molecule has 0 aliphatic heterocycles. The van der Waals surface area contributed by atoms with Crippen LogP contribution in [0.25, 0.3) is 0 Å². The molecule has 1 atom stereocenters. The van der Waals surface area contributed by atoms with Crippen LogP contribution < -0.4 is 14.4 Å². The topological polar surface area (TPSA) is 96.0 Å². The van der Waals surface area contributed by atoms with E-state index in [0.717, 1.165) is 22.7 Å². The summed E-state index contributed by atoms with van der Waals surface area (Å²) in [6, 6.07) is 17.6. The van der Waals surface area contributed by atoms with Crippen LogP contribution in [0.1, 0.15) is 37.8 Å². The standard InChI is InChI=1S/C30H36FN3O5S/c1-5-6-19-32-30(36)23(3)33(20-24-9-7-8-10-28(24)31)29(35)21-34(25-13-11-22(2)12-14-25)40(37,38)27-17-15-26(39-4)16-18-27/h7-18,23H,5-6,19-21H2,1-4H3,(H,32,36)/t23-/m1/s1. The van der Waals surface area contributed by atoms with Gasteiger partial charge in [0.25, 0.3) is 10.0 Å². The van der Waals surface area contributed by atoms with Gasteiger partial charge in [-0.3, -0.25) is 13.9 Å². The molecule has 8 nitrogen and oxygen atoms in total. The number of rotatable bonds is 13. The summed E-state index contributed by atoms with van der Waals surface area (Å²) in [4.78, 5) is 28.0. The van der Waals surface area contributed by atoms with E-state index in [0.29, 0.717) is 12.3 Å². The molecule has 2 amide bonds. The lowest BCUT2D eigenvalue weighted by molar-refractivity contribution is -0.139. The van der Waals surface area contributed by atoms with E-state index in [9.17, 15) is 22.4 Å². The maximum Gasteiger partial charge on any atom is 0.264 e. The minimum absolute atomic E-state index is 0.0346. The monoisotopic (exact) mass is 569 g/mol. The van der Waals surface area contributed by atoms with Crippen molar-refractivity contribution in [2.75, 3.05) is 24.5 Å². The largest absolute Gasteiger partial charge is 0.497 e. The summed E-state index contributed by atoms with van der Waals surface area (Å²) in [7, 11) is -2.73. The van der Waals surface area contributed by atoms with Crippen LogP contribution in [0.3, 0.4) is 0 Å². The van der Waals surface area contributed by atoms with E-state index in [-0.39, 0.29) is 22.7 Å². The summed E-state index contributed by atoms with van der Waals surface area (Å²) in [5, 5.41) is 2.81. The molecule has 3 rings (SSSR count). The number of nitrogens with one attached hydrogen (secondary N) is 1. The lowest BCUT2D eigenvalue weighted by Gasteiger charge is -2.32. The van der Waals surface area contributed by atoms with Crippen LogP contribution in [0, 0.1) is 12.7 Å². The normalized spacial score (nSPS) is 11.9. The third-order valence-corrected chi connectivity index (χ3v) is 8.33. The number of methoxy groups -OCH3 is 1. The van der Waals surface area contributed by atoms with Crippen molar-refractivity contribution < 1.29 is 27.1 Å². The Kier molecular flexibility index (Phi) is 10.7. The molecule has 0 heterocycles. The molecule has 1 N–H and O–H groups in total. The van der Waals surface area contributed by atoms with Crippen molar-refractivity contribution in [3.05, 3.63) is 89.7 Å². The minimum Gasteiger partial charge on any atom is -0.497 e. The molecule has 0 aliphatic rings. The van der Waals surface area contributed by atoms with Crippen molar-refractivity contribution in [3.63, 3.8) is 0 Å². The number of unbranched alkanes of at least 4 members (excludes halogenated alkanes) is 1. The first-order valence-electron chi connectivity index (χ1n) is 13.1. The zero-order chi connectivity index (χ0) is 29.3. The quantitative estimate of drug-likeness (QED) is 0.302. The molecule has 3 aromatic carbocycles. The van der Waals surface area contributed by atoms with E-state index in [4.69, 9.17) is 4.74 Å². The second-order valence-corrected chi connectivity index (χ2v) is 11.3. The summed E-state index contributed by atoms with van der Waals surface area (Å²) in [6.07, 6.45) is 1.64. The summed E-state index contributed by atoms with van der Waals surface area (Å²) >= 11 is 0. The Morgan fingerprint density at radius 3 is 2.25 bits per heavy atom. The molecule has 0 saturated carbocycles. The van der Waals surface area contributed by atoms with Gasteiger partial charge in [-0.25, -0.2) is 12.8 Å². The van der Waals surface area contributed by atoms with Crippen LogP contribution in [0.5, 0.6) is 5.75 Å². The number of halogens is 1. The van der Waals surface area contributed by atoms with Crippen molar-refractivity contribution in [1.29, 1.82) is 0 Å². The predicted molar refractivity (Wildman–Crippen MR) is 153 cm³/mol. The second kappa shape index (κ2) is 13.9. The molecule has 0 aromatic heterocycles. The van der Waals surface area contributed by atoms with Crippen LogP contribution in [0.15, 0.2) is 77.7 Å². The maximum atomic E-state index is 14.6. The van der Waals surface area contributed by atoms with E-state index in [1.54, 1.807) is 37.3 Å². The lowest BCUT2D eigenvalue weighted by atomic mass is 10.1. The Hall–Kier alpha value is -3.92. The number of carbonyl (C=O) groups is 2. The molecule has 3 aromatic rings. The van der Waals surface area contributed by atoms with Crippen LogP contribution in [0.4, 0.5) is 10.1 Å². The molecule has 0 spiro atoms. The molecule has 10 heteroatoms. The average molecular weight is 570 g/mol. The summed E-state index contributed by atoms with van der Waals surface area (Å²) in [5.74, 6) is -1.10. The Morgan fingerprint density at radius 2 is 1.65 bits per heavy atom. The summed E-state index contributed by atoms with van der Waals surface area (Å²) in [6.45, 7) is 5.03. The fourth-order valence-corrected chi connectivity index (χ4v) is 5.46.